The standard InChI is InChI=1S/C21H23F3N2O5S/c1-30-19-10-3-2-9-18(19)26(14-20(27)25-13-16-7-5-11-31-16)32(28,29)17-8-4-6-15(12-17)21(22,23)24/h2-4,6,8-10,12,16H,5,7,11,13-14H2,1H3,(H,25,27)/t16-/m0/s1. The Labute approximate surface area is 184 Å². The highest BCUT2D eigenvalue weighted by Gasteiger charge is 2.34. The number of methoxy groups -OCH3 is 1. The summed E-state index contributed by atoms with van der Waals surface area (Å²) in [7, 11) is -3.22. The zero-order valence-electron chi connectivity index (χ0n) is 17.3. The number of anilines is 1. The zero-order chi connectivity index (χ0) is 23.4. The van der Waals surface area contributed by atoms with Gasteiger partial charge in [0.15, 0.2) is 0 Å². The van der Waals surface area contributed by atoms with E-state index in [0.29, 0.717) is 12.7 Å². The maximum Gasteiger partial charge on any atom is 0.416 e. The van der Waals surface area contributed by atoms with Crippen molar-refractivity contribution in [2.75, 3.05) is 31.1 Å². The van der Waals surface area contributed by atoms with E-state index in [1.54, 1.807) is 6.07 Å². The van der Waals surface area contributed by atoms with Gasteiger partial charge in [-0.15, -0.1) is 0 Å². The van der Waals surface area contributed by atoms with E-state index in [1.165, 1.54) is 25.3 Å². The third-order valence-electron chi connectivity index (χ3n) is 4.94. The van der Waals surface area contributed by atoms with Crippen molar-refractivity contribution < 1.29 is 35.9 Å². The van der Waals surface area contributed by atoms with Gasteiger partial charge in [0.2, 0.25) is 5.91 Å². The second-order valence-electron chi connectivity index (χ2n) is 7.15. The van der Waals surface area contributed by atoms with E-state index in [2.05, 4.69) is 5.32 Å². The smallest absolute Gasteiger partial charge is 0.416 e. The van der Waals surface area contributed by atoms with Gasteiger partial charge < -0.3 is 14.8 Å². The molecule has 1 aliphatic heterocycles. The number of hydrogen-bond donors (Lipinski definition) is 1. The quantitative estimate of drug-likeness (QED) is 0.638. The highest BCUT2D eigenvalue weighted by atomic mass is 32.2. The highest BCUT2D eigenvalue weighted by molar-refractivity contribution is 7.92. The Balaban J connectivity index is 1.95. The van der Waals surface area contributed by atoms with Crippen molar-refractivity contribution in [2.24, 2.45) is 0 Å². The Bertz CT molecular complexity index is 1050. The largest absolute Gasteiger partial charge is 0.495 e. The molecule has 0 saturated carbocycles. The van der Waals surface area contributed by atoms with Crippen LogP contribution < -0.4 is 14.4 Å². The molecule has 0 bridgehead atoms. The number of rotatable bonds is 8. The fraction of sp³-hybridized carbons (Fsp3) is 0.381. The minimum atomic E-state index is -4.72. The number of ether oxygens (including phenoxy) is 2. The number of nitrogens with zero attached hydrogens (tertiary/aromatic N) is 1. The summed E-state index contributed by atoms with van der Waals surface area (Å²) in [5.74, 6) is -0.475. The average molecular weight is 472 g/mol. The lowest BCUT2D eigenvalue weighted by atomic mass is 10.2. The van der Waals surface area contributed by atoms with E-state index in [4.69, 9.17) is 9.47 Å². The number of halogens is 3. The van der Waals surface area contributed by atoms with Crippen LogP contribution in [-0.2, 0) is 25.7 Å². The summed E-state index contributed by atoms with van der Waals surface area (Å²) in [5, 5.41) is 2.63. The lowest BCUT2D eigenvalue weighted by molar-refractivity contribution is -0.137. The molecule has 3 rings (SSSR count). The van der Waals surface area contributed by atoms with E-state index < -0.39 is 39.1 Å². The van der Waals surface area contributed by atoms with Crippen molar-refractivity contribution in [3.05, 3.63) is 54.1 Å². The van der Waals surface area contributed by atoms with Crippen LogP contribution in [0.1, 0.15) is 18.4 Å². The first kappa shape index (κ1) is 23.9. The topological polar surface area (TPSA) is 84.9 Å². The molecular formula is C21H23F3N2O5S. The molecule has 0 aliphatic carbocycles. The third kappa shape index (κ3) is 5.52. The molecule has 32 heavy (non-hydrogen) atoms. The van der Waals surface area contributed by atoms with Crippen LogP contribution in [0.25, 0.3) is 0 Å². The van der Waals surface area contributed by atoms with Crippen molar-refractivity contribution in [3.63, 3.8) is 0 Å². The number of carbonyl (C=O) groups is 1. The lowest BCUT2D eigenvalue weighted by Gasteiger charge is -2.26. The van der Waals surface area contributed by atoms with Crippen LogP contribution in [0.15, 0.2) is 53.4 Å². The number of carbonyl (C=O) groups excluding carboxylic acids is 1. The van der Waals surface area contributed by atoms with Crippen molar-refractivity contribution in [3.8, 4) is 5.75 Å². The van der Waals surface area contributed by atoms with Crippen LogP contribution in [0.5, 0.6) is 5.75 Å². The summed E-state index contributed by atoms with van der Waals surface area (Å²) < 4.78 is 77.6. The number of para-hydroxylation sites is 2. The Morgan fingerprint density at radius 1 is 1.22 bits per heavy atom. The molecule has 0 spiro atoms. The summed E-state index contributed by atoms with van der Waals surface area (Å²) in [6, 6.07) is 9.44. The van der Waals surface area contributed by atoms with E-state index in [1.807, 2.05) is 0 Å². The second-order valence-corrected chi connectivity index (χ2v) is 9.01. The minimum Gasteiger partial charge on any atom is -0.495 e. The van der Waals surface area contributed by atoms with Crippen molar-refractivity contribution in [2.45, 2.75) is 30.0 Å². The summed E-state index contributed by atoms with van der Waals surface area (Å²) in [5.41, 5.74) is -1.08. The Morgan fingerprint density at radius 2 is 1.97 bits per heavy atom. The molecule has 0 unspecified atom stereocenters. The average Bonchev–Trinajstić information content (AvgIpc) is 3.29. The molecule has 7 nitrogen and oxygen atoms in total. The highest BCUT2D eigenvalue weighted by Crippen LogP contribution is 2.34. The predicted octanol–water partition coefficient (Wildman–Crippen LogP) is 3.20. The molecule has 1 heterocycles. The number of nitrogens with one attached hydrogen (secondary N) is 1. The van der Waals surface area contributed by atoms with E-state index in [9.17, 15) is 26.4 Å². The lowest BCUT2D eigenvalue weighted by Crippen LogP contribution is -2.43. The van der Waals surface area contributed by atoms with Gasteiger partial charge in [0.05, 0.1) is 29.4 Å². The molecule has 1 atom stereocenters. The molecule has 0 aromatic heterocycles. The Hall–Kier alpha value is -2.79. The summed E-state index contributed by atoms with van der Waals surface area (Å²) >= 11 is 0. The first-order valence-corrected chi connectivity index (χ1v) is 11.3. The molecule has 1 amide bonds. The second kappa shape index (κ2) is 9.78. The summed E-state index contributed by atoms with van der Waals surface area (Å²) in [6.07, 6.45) is -3.23. The van der Waals surface area contributed by atoms with Gasteiger partial charge in [-0.25, -0.2) is 8.42 Å². The van der Waals surface area contributed by atoms with Gasteiger partial charge in [0.25, 0.3) is 10.0 Å². The SMILES string of the molecule is COc1ccccc1N(CC(=O)NC[C@@H]1CCCO1)S(=O)(=O)c1cccc(C(F)(F)F)c1. The Kier molecular flexibility index (Phi) is 7.29. The van der Waals surface area contributed by atoms with Crippen LogP contribution in [0, 0.1) is 0 Å². The van der Waals surface area contributed by atoms with Gasteiger partial charge in [0, 0.05) is 13.2 Å². The van der Waals surface area contributed by atoms with Crippen LogP contribution >= 0.6 is 0 Å². The normalized spacial score (nSPS) is 16.6. The van der Waals surface area contributed by atoms with Crippen molar-refractivity contribution in [1.29, 1.82) is 0 Å². The molecule has 11 heteroatoms. The molecule has 0 radical (unpaired) electrons. The van der Waals surface area contributed by atoms with Crippen LogP contribution in [0.4, 0.5) is 18.9 Å². The molecule has 1 aliphatic rings. The van der Waals surface area contributed by atoms with Gasteiger partial charge in [-0.05, 0) is 43.2 Å². The van der Waals surface area contributed by atoms with Gasteiger partial charge in [-0.2, -0.15) is 13.2 Å². The number of alkyl halides is 3. The monoisotopic (exact) mass is 472 g/mol. The van der Waals surface area contributed by atoms with Gasteiger partial charge >= 0.3 is 6.18 Å². The molecule has 1 saturated heterocycles. The first-order valence-electron chi connectivity index (χ1n) is 9.84. The van der Waals surface area contributed by atoms with Gasteiger partial charge in [-0.1, -0.05) is 18.2 Å². The maximum absolute atomic E-state index is 13.4. The Morgan fingerprint density at radius 3 is 2.62 bits per heavy atom. The third-order valence-corrected chi connectivity index (χ3v) is 6.70. The van der Waals surface area contributed by atoms with Crippen LogP contribution in [0.3, 0.4) is 0 Å². The fourth-order valence-electron chi connectivity index (χ4n) is 3.31. The van der Waals surface area contributed by atoms with E-state index in [-0.39, 0.29) is 24.1 Å². The number of sulfonamides is 1. The van der Waals surface area contributed by atoms with E-state index in [0.717, 1.165) is 35.3 Å². The summed E-state index contributed by atoms with van der Waals surface area (Å²) in [4.78, 5) is 12.0. The fourth-order valence-corrected chi connectivity index (χ4v) is 4.79. The predicted molar refractivity (Wildman–Crippen MR) is 111 cm³/mol. The molecular weight excluding hydrogens is 449 g/mol. The maximum atomic E-state index is 13.4. The minimum absolute atomic E-state index is 0.0275. The van der Waals surface area contributed by atoms with Crippen molar-refractivity contribution >= 4 is 21.6 Å². The van der Waals surface area contributed by atoms with Gasteiger partial charge in [-0.3, -0.25) is 9.10 Å². The van der Waals surface area contributed by atoms with Crippen LogP contribution in [0.2, 0.25) is 0 Å². The molecule has 1 fully saturated rings. The number of hydrogen-bond acceptors (Lipinski definition) is 5. The zero-order valence-corrected chi connectivity index (χ0v) is 18.1. The summed E-state index contributed by atoms with van der Waals surface area (Å²) in [6.45, 7) is 0.158. The van der Waals surface area contributed by atoms with Gasteiger partial charge in [0.1, 0.15) is 12.3 Å². The van der Waals surface area contributed by atoms with Crippen molar-refractivity contribution in [1.82, 2.24) is 5.32 Å². The van der Waals surface area contributed by atoms with Crippen LogP contribution in [-0.4, -0.2) is 47.2 Å². The molecule has 174 valence electrons. The molecule has 2 aromatic rings. The number of amides is 1. The molecule has 1 N–H and O–H groups in total. The number of benzene rings is 2. The van der Waals surface area contributed by atoms with E-state index >= 15 is 0 Å². The molecule has 2 aromatic carbocycles. The first-order chi connectivity index (χ1) is 15.1.